The summed E-state index contributed by atoms with van der Waals surface area (Å²) in [5, 5.41) is 0. The Bertz CT molecular complexity index is 661. The molecule has 2 amide bonds. The third-order valence-electron chi connectivity index (χ3n) is 6.30. The van der Waals surface area contributed by atoms with Crippen molar-refractivity contribution in [2.45, 2.75) is 57.5 Å². The van der Waals surface area contributed by atoms with Gasteiger partial charge in [-0.15, -0.1) is 0 Å². The Balaban J connectivity index is 1.40. The highest BCUT2D eigenvalue weighted by Crippen LogP contribution is 2.23. The average Bonchev–Trinajstić information content (AvgIpc) is 3.42. The maximum absolute atomic E-state index is 12.9. The van der Waals surface area contributed by atoms with Gasteiger partial charge in [0.05, 0.1) is 6.04 Å². The lowest BCUT2D eigenvalue weighted by Crippen LogP contribution is -2.49. The van der Waals surface area contributed by atoms with E-state index in [-0.39, 0.29) is 11.9 Å². The number of rotatable bonds is 4. The predicted molar refractivity (Wildman–Crippen MR) is 105 cm³/mol. The van der Waals surface area contributed by atoms with Crippen LogP contribution in [0.2, 0.25) is 0 Å². The SMILES string of the molecule is O=C(c1ccc(CN2CCCCC2C(=O)N2CCCC2)cc1)N1CCCC1. The molecule has 5 heteroatoms. The summed E-state index contributed by atoms with van der Waals surface area (Å²) < 4.78 is 0. The maximum Gasteiger partial charge on any atom is 0.253 e. The Labute approximate surface area is 162 Å². The molecule has 3 aliphatic heterocycles. The Kier molecular flexibility index (Phi) is 5.77. The number of nitrogens with zero attached hydrogens (tertiary/aromatic N) is 3. The van der Waals surface area contributed by atoms with Crippen LogP contribution < -0.4 is 0 Å². The minimum absolute atomic E-state index is 0.0303. The Morgan fingerprint density at radius 1 is 0.778 bits per heavy atom. The summed E-state index contributed by atoms with van der Waals surface area (Å²) in [6, 6.07) is 8.07. The third-order valence-corrected chi connectivity index (χ3v) is 6.30. The predicted octanol–water partition coefficient (Wildman–Crippen LogP) is 2.90. The minimum atomic E-state index is 0.0303. The molecule has 3 fully saturated rings. The number of benzene rings is 1. The molecule has 5 nitrogen and oxygen atoms in total. The minimum Gasteiger partial charge on any atom is -0.341 e. The first-order valence-electron chi connectivity index (χ1n) is 10.6. The second-order valence-electron chi connectivity index (χ2n) is 8.21. The first-order valence-corrected chi connectivity index (χ1v) is 10.6. The second kappa shape index (κ2) is 8.42. The van der Waals surface area contributed by atoms with Crippen LogP contribution in [-0.4, -0.2) is 65.3 Å². The zero-order valence-corrected chi connectivity index (χ0v) is 16.2. The van der Waals surface area contributed by atoms with Crippen molar-refractivity contribution in [2.24, 2.45) is 0 Å². The molecule has 0 N–H and O–H groups in total. The zero-order chi connectivity index (χ0) is 18.6. The molecule has 3 aliphatic rings. The van der Waals surface area contributed by atoms with Gasteiger partial charge in [0.25, 0.3) is 5.91 Å². The van der Waals surface area contributed by atoms with E-state index in [1.807, 2.05) is 17.0 Å². The Hall–Kier alpha value is -1.88. The van der Waals surface area contributed by atoms with E-state index in [1.165, 1.54) is 5.56 Å². The van der Waals surface area contributed by atoms with Crippen molar-refractivity contribution < 1.29 is 9.59 Å². The molecule has 0 aromatic heterocycles. The molecule has 0 spiro atoms. The number of carbonyl (C=O) groups excluding carboxylic acids is 2. The smallest absolute Gasteiger partial charge is 0.253 e. The van der Waals surface area contributed by atoms with Crippen LogP contribution in [0.5, 0.6) is 0 Å². The molecular weight excluding hydrogens is 338 g/mol. The molecule has 1 unspecified atom stereocenters. The summed E-state index contributed by atoms with van der Waals surface area (Å²) in [7, 11) is 0. The van der Waals surface area contributed by atoms with Crippen molar-refractivity contribution in [1.29, 1.82) is 0 Å². The van der Waals surface area contributed by atoms with Crippen LogP contribution in [0.1, 0.15) is 60.9 Å². The van der Waals surface area contributed by atoms with E-state index >= 15 is 0 Å². The summed E-state index contributed by atoms with van der Waals surface area (Å²) in [6.45, 7) is 5.40. The molecule has 3 heterocycles. The Morgan fingerprint density at radius 3 is 2.04 bits per heavy atom. The second-order valence-corrected chi connectivity index (χ2v) is 8.21. The lowest BCUT2D eigenvalue weighted by molar-refractivity contribution is -0.137. The molecule has 27 heavy (non-hydrogen) atoms. The molecule has 1 aromatic rings. The van der Waals surface area contributed by atoms with Crippen LogP contribution >= 0.6 is 0 Å². The van der Waals surface area contributed by atoms with E-state index in [2.05, 4.69) is 21.9 Å². The van der Waals surface area contributed by atoms with Crippen molar-refractivity contribution in [3.8, 4) is 0 Å². The van der Waals surface area contributed by atoms with Crippen molar-refractivity contribution in [1.82, 2.24) is 14.7 Å². The fourth-order valence-electron chi connectivity index (χ4n) is 4.70. The van der Waals surface area contributed by atoms with E-state index in [1.54, 1.807) is 0 Å². The van der Waals surface area contributed by atoms with Crippen molar-refractivity contribution in [2.75, 3.05) is 32.7 Å². The lowest BCUT2D eigenvalue weighted by atomic mass is 9.99. The first kappa shape index (κ1) is 18.5. The van der Waals surface area contributed by atoms with E-state index in [0.717, 1.165) is 89.8 Å². The monoisotopic (exact) mass is 369 g/mol. The highest BCUT2D eigenvalue weighted by Gasteiger charge is 2.32. The van der Waals surface area contributed by atoms with E-state index in [0.29, 0.717) is 5.91 Å². The molecule has 0 saturated carbocycles. The molecule has 0 radical (unpaired) electrons. The van der Waals surface area contributed by atoms with Crippen molar-refractivity contribution in [3.05, 3.63) is 35.4 Å². The van der Waals surface area contributed by atoms with Gasteiger partial charge in [-0.05, 0) is 62.8 Å². The standard InChI is InChI=1S/C22H31N3O2/c26-21(23-12-3-4-13-23)19-10-8-18(9-11-19)17-25-16-2-1-7-20(25)22(27)24-14-5-6-15-24/h8-11,20H,1-7,12-17H2. The third kappa shape index (κ3) is 4.18. The molecule has 0 bridgehead atoms. The number of carbonyl (C=O) groups is 2. The number of amides is 2. The average molecular weight is 370 g/mol. The fraction of sp³-hybridized carbons (Fsp3) is 0.636. The van der Waals surface area contributed by atoms with Crippen molar-refractivity contribution in [3.63, 3.8) is 0 Å². The van der Waals surface area contributed by atoms with Crippen LogP contribution in [0.25, 0.3) is 0 Å². The van der Waals surface area contributed by atoms with Gasteiger partial charge >= 0.3 is 0 Å². The Morgan fingerprint density at radius 2 is 1.37 bits per heavy atom. The highest BCUT2D eigenvalue weighted by atomic mass is 16.2. The molecule has 3 saturated heterocycles. The molecule has 0 aliphatic carbocycles. The number of hydrogen-bond acceptors (Lipinski definition) is 3. The summed E-state index contributed by atoms with van der Waals surface area (Å²) in [6.07, 6.45) is 7.80. The zero-order valence-electron chi connectivity index (χ0n) is 16.2. The van der Waals surface area contributed by atoms with Crippen LogP contribution in [-0.2, 0) is 11.3 Å². The van der Waals surface area contributed by atoms with Gasteiger partial charge in [-0.2, -0.15) is 0 Å². The maximum atomic E-state index is 12.9. The normalized spacial score (nSPS) is 23.8. The van der Waals surface area contributed by atoms with Gasteiger partial charge in [0.15, 0.2) is 0 Å². The topological polar surface area (TPSA) is 43.9 Å². The summed E-state index contributed by atoms with van der Waals surface area (Å²) in [5.41, 5.74) is 1.97. The molecule has 146 valence electrons. The van der Waals surface area contributed by atoms with Crippen molar-refractivity contribution >= 4 is 11.8 Å². The van der Waals surface area contributed by atoms with Gasteiger partial charge in [0.1, 0.15) is 0 Å². The van der Waals surface area contributed by atoms with Crippen LogP contribution in [0.3, 0.4) is 0 Å². The lowest BCUT2D eigenvalue weighted by Gasteiger charge is -2.36. The summed E-state index contributed by atoms with van der Waals surface area (Å²) in [4.78, 5) is 31.8. The summed E-state index contributed by atoms with van der Waals surface area (Å²) >= 11 is 0. The van der Waals surface area contributed by atoms with Crippen LogP contribution in [0, 0.1) is 0 Å². The number of hydrogen-bond donors (Lipinski definition) is 0. The van der Waals surface area contributed by atoms with E-state index < -0.39 is 0 Å². The fourth-order valence-corrected chi connectivity index (χ4v) is 4.70. The quantitative estimate of drug-likeness (QED) is 0.820. The molecular formula is C22H31N3O2. The van der Waals surface area contributed by atoms with Gasteiger partial charge in [-0.3, -0.25) is 14.5 Å². The highest BCUT2D eigenvalue weighted by molar-refractivity contribution is 5.94. The number of likely N-dealkylation sites (tertiary alicyclic amines) is 3. The largest absolute Gasteiger partial charge is 0.341 e. The number of piperidine rings is 1. The van der Waals surface area contributed by atoms with E-state index in [4.69, 9.17) is 0 Å². The molecule has 1 atom stereocenters. The van der Waals surface area contributed by atoms with Gasteiger partial charge in [0.2, 0.25) is 5.91 Å². The van der Waals surface area contributed by atoms with Gasteiger partial charge in [0, 0.05) is 38.3 Å². The van der Waals surface area contributed by atoms with Crippen LogP contribution in [0.4, 0.5) is 0 Å². The van der Waals surface area contributed by atoms with Gasteiger partial charge in [-0.25, -0.2) is 0 Å². The first-order chi connectivity index (χ1) is 13.2. The van der Waals surface area contributed by atoms with Gasteiger partial charge < -0.3 is 9.80 Å². The molecule has 4 rings (SSSR count). The van der Waals surface area contributed by atoms with Gasteiger partial charge in [-0.1, -0.05) is 18.6 Å². The molecule has 1 aromatic carbocycles. The van der Waals surface area contributed by atoms with Crippen LogP contribution in [0.15, 0.2) is 24.3 Å². The van der Waals surface area contributed by atoms with E-state index in [9.17, 15) is 9.59 Å². The summed E-state index contributed by atoms with van der Waals surface area (Å²) in [5.74, 6) is 0.479.